The molecule has 0 saturated heterocycles. The maximum absolute atomic E-state index is 4.37. The molecule has 2 aliphatic rings. The Kier molecular flexibility index (Phi) is 6.64. The van der Waals surface area contributed by atoms with Crippen LogP contribution in [0.3, 0.4) is 0 Å². The number of thiophene rings is 1. The lowest BCUT2D eigenvalue weighted by Gasteiger charge is -2.32. The molecule has 2 heteroatoms. The summed E-state index contributed by atoms with van der Waals surface area (Å²) < 4.78 is 2.27. The van der Waals surface area contributed by atoms with Gasteiger partial charge in [0, 0.05) is 31.7 Å². The quantitative estimate of drug-likeness (QED) is 0.177. The van der Waals surface area contributed by atoms with Crippen LogP contribution < -0.4 is 14.7 Å². The first-order chi connectivity index (χ1) is 25.2. The van der Waals surface area contributed by atoms with Crippen LogP contribution in [-0.2, 0) is 5.41 Å². The van der Waals surface area contributed by atoms with Crippen LogP contribution in [0, 0.1) is 0 Å². The molecule has 0 amide bonds. The van der Waals surface area contributed by atoms with Gasteiger partial charge >= 0.3 is 0 Å². The lowest BCUT2D eigenvalue weighted by Crippen LogP contribution is -2.26. The van der Waals surface area contributed by atoms with E-state index in [-0.39, 0.29) is 0 Å². The van der Waals surface area contributed by atoms with Gasteiger partial charge in [0.2, 0.25) is 0 Å². The number of allylic oxidation sites excluding steroid dienone is 1. The number of benzene rings is 7. The molecular formula is C49H33NS. The molecule has 51 heavy (non-hydrogen) atoms. The highest BCUT2D eigenvalue weighted by Gasteiger charge is 2.51. The van der Waals surface area contributed by atoms with Crippen LogP contribution in [0.5, 0.6) is 0 Å². The molecule has 7 aromatic carbocycles. The normalized spacial score (nSPS) is 13.5. The van der Waals surface area contributed by atoms with Gasteiger partial charge < -0.3 is 4.90 Å². The third-order valence-electron chi connectivity index (χ3n) is 10.8. The maximum Gasteiger partial charge on any atom is 0.0726 e. The number of hydrogen-bond donors (Lipinski definition) is 0. The van der Waals surface area contributed by atoms with Gasteiger partial charge in [0.15, 0.2) is 0 Å². The zero-order valence-electron chi connectivity index (χ0n) is 28.0. The molecule has 1 aromatic heterocycles. The highest BCUT2D eigenvalue weighted by Crippen LogP contribution is 2.63. The molecule has 0 fully saturated rings. The lowest BCUT2D eigenvalue weighted by molar-refractivity contribution is 0.793. The van der Waals surface area contributed by atoms with Gasteiger partial charge in [-0.3, -0.25) is 0 Å². The van der Waals surface area contributed by atoms with E-state index in [9.17, 15) is 0 Å². The highest BCUT2D eigenvalue weighted by molar-refractivity contribution is 7.17. The van der Waals surface area contributed by atoms with Crippen LogP contribution in [0.1, 0.15) is 22.3 Å². The molecule has 0 radical (unpaired) electrons. The minimum Gasteiger partial charge on any atom is -0.310 e. The van der Waals surface area contributed by atoms with E-state index in [0.29, 0.717) is 0 Å². The number of nitrogens with zero attached hydrogens (tertiary/aromatic N) is 1. The van der Waals surface area contributed by atoms with Crippen molar-refractivity contribution in [2.75, 3.05) is 4.90 Å². The van der Waals surface area contributed by atoms with Gasteiger partial charge in [-0.05, 0) is 103 Å². The third kappa shape index (κ3) is 4.27. The Morgan fingerprint density at radius 1 is 0.490 bits per heavy atom. The van der Waals surface area contributed by atoms with Gasteiger partial charge in [-0.2, -0.15) is 0 Å². The van der Waals surface area contributed by atoms with Crippen LogP contribution >= 0.6 is 11.3 Å². The molecule has 1 spiro atoms. The summed E-state index contributed by atoms with van der Waals surface area (Å²) in [6.45, 7) is 8.38. The first-order valence-electron chi connectivity index (χ1n) is 17.4. The average molecular weight is 668 g/mol. The predicted molar refractivity (Wildman–Crippen MR) is 218 cm³/mol. The summed E-state index contributed by atoms with van der Waals surface area (Å²) in [6, 6.07) is 60.5. The second kappa shape index (κ2) is 11.4. The summed E-state index contributed by atoms with van der Waals surface area (Å²) in [6.07, 6.45) is 3.94. The fraction of sp³-hybridized carbons (Fsp3) is 0.0204. The van der Waals surface area contributed by atoms with E-state index in [1.807, 2.05) is 6.08 Å². The summed E-state index contributed by atoms with van der Waals surface area (Å²) in [7, 11) is 0. The van der Waals surface area contributed by atoms with Crippen molar-refractivity contribution in [3.05, 3.63) is 208 Å². The average Bonchev–Trinajstić information content (AvgIpc) is 3.78. The number of fused-ring (bicyclic) bond motifs is 11. The standard InChI is InChI=1S/C49H33NS/c1-3-14-38-32(2)51-48-28-26-36(30-43(38)48)50(35-18-13-17-34(29-35)33-15-5-4-6-16-33)37-25-27-42-41-21-9-12-24-46(41)49(47(42)31-37)44-22-10-7-19-39(44)40-20-8-11-23-45(40)49/h3-31H,1-2H2/b38-14+. The Balaban J connectivity index is 1.26. The molecule has 8 aromatic rings. The van der Waals surface area contributed by atoms with Gasteiger partial charge in [0.05, 0.1) is 5.41 Å². The van der Waals surface area contributed by atoms with Crippen molar-refractivity contribution in [2.24, 2.45) is 0 Å². The monoisotopic (exact) mass is 667 g/mol. The number of anilines is 3. The Bertz CT molecular complexity index is 2740. The Morgan fingerprint density at radius 3 is 1.71 bits per heavy atom. The largest absolute Gasteiger partial charge is 0.310 e. The molecule has 0 saturated carbocycles. The lowest BCUT2D eigenvalue weighted by atomic mass is 9.70. The molecule has 2 aliphatic carbocycles. The van der Waals surface area contributed by atoms with E-state index in [2.05, 4.69) is 188 Å². The van der Waals surface area contributed by atoms with Crippen molar-refractivity contribution in [1.82, 2.24) is 0 Å². The minimum atomic E-state index is -0.418. The molecule has 0 bridgehead atoms. The van der Waals surface area contributed by atoms with Crippen LogP contribution in [0.25, 0.3) is 56.1 Å². The Labute approximate surface area is 302 Å². The molecule has 240 valence electrons. The summed E-state index contributed by atoms with van der Waals surface area (Å²) in [4.78, 5) is 2.42. The first-order valence-corrected chi connectivity index (χ1v) is 18.2. The maximum atomic E-state index is 4.37. The van der Waals surface area contributed by atoms with E-state index >= 15 is 0 Å². The second-order valence-corrected chi connectivity index (χ2v) is 14.5. The highest BCUT2D eigenvalue weighted by atomic mass is 32.1. The van der Waals surface area contributed by atoms with Gasteiger partial charge in [0.25, 0.3) is 0 Å². The van der Waals surface area contributed by atoms with Crippen LogP contribution in [-0.4, -0.2) is 0 Å². The van der Waals surface area contributed by atoms with Gasteiger partial charge in [-0.25, -0.2) is 0 Å². The summed E-state index contributed by atoms with van der Waals surface area (Å²) >= 11 is 1.73. The number of hydrogen-bond acceptors (Lipinski definition) is 2. The minimum absolute atomic E-state index is 0.418. The smallest absolute Gasteiger partial charge is 0.0726 e. The van der Waals surface area contributed by atoms with Crippen molar-refractivity contribution in [1.29, 1.82) is 0 Å². The van der Waals surface area contributed by atoms with Crippen molar-refractivity contribution >= 4 is 51.1 Å². The second-order valence-electron chi connectivity index (χ2n) is 13.4. The zero-order valence-corrected chi connectivity index (χ0v) is 28.8. The van der Waals surface area contributed by atoms with Crippen molar-refractivity contribution < 1.29 is 0 Å². The Hall–Kier alpha value is -6.22. The molecule has 1 heterocycles. The van der Waals surface area contributed by atoms with Gasteiger partial charge in [-0.1, -0.05) is 147 Å². The molecule has 0 atom stereocenters. The predicted octanol–water partition coefficient (Wildman–Crippen LogP) is 11.8. The van der Waals surface area contributed by atoms with E-state index in [4.69, 9.17) is 0 Å². The van der Waals surface area contributed by atoms with Crippen LogP contribution in [0.4, 0.5) is 17.1 Å². The van der Waals surface area contributed by atoms with E-state index < -0.39 is 5.41 Å². The molecule has 0 unspecified atom stereocenters. The van der Waals surface area contributed by atoms with Crippen LogP contribution in [0.2, 0.25) is 0 Å². The molecule has 10 rings (SSSR count). The van der Waals surface area contributed by atoms with E-state index in [1.165, 1.54) is 65.7 Å². The van der Waals surface area contributed by atoms with E-state index in [0.717, 1.165) is 26.8 Å². The first kappa shape index (κ1) is 29.7. The molecular weight excluding hydrogens is 635 g/mol. The topological polar surface area (TPSA) is 3.24 Å². The van der Waals surface area contributed by atoms with Gasteiger partial charge in [-0.15, -0.1) is 11.3 Å². The Morgan fingerprint density at radius 2 is 1.04 bits per heavy atom. The van der Waals surface area contributed by atoms with Gasteiger partial charge in [0.1, 0.15) is 0 Å². The summed E-state index contributed by atoms with van der Waals surface area (Å²) in [5.41, 5.74) is 15.8. The fourth-order valence-electron chi connectivity index (χ4n) is 8.72. The van der Waals surface area contributed by atoms with Crippen molar-refractivity contribution in [3.63, 3.8) is 0 Å². The number of rotatable bonds is 5. The van der Waals surface area contributed by atoms with Crippen molar-refractivity contribution in [3.8, 4) is 33.4 Å². The molecule has 0 N–H and O–H groups in total. The molecule has 1 nitrogen and oxygen atoms in total. The molecule has 0 aliphatic heterocycles. The zero-order chi connectivity index (χ0) is 34.1. The third-order valence-corrected chi connectivity index (χ3v) is 11.8. The van der Waals surface area contributed by atoms with Crippen molar-refractivity contribution in [2.45, 2.75) is 5.41 Å². The SMILES string of the molecule is C=C/C=c1\c(=C)sc2ccc(N(c3cccc(-c4ccccc4)c3)c3ccc4c(c3)C3(c5ccccc5-c5ccccc53)c3ccccc3-4)cc12. The van der Waals surface area contributed by atoms with E-state index in [1.54, 1.807) is 11.3 Å². The fourth-order valence-corrected chi connectivity index (χ4v) is 9.69. The summed E-state index contributed by atoms with van der Waals surface area (Å²) in [5, 5.41) is 2.32. The van der Waals surface area contributed by atoms with Crippen LogP contribution in [0.15, 0.2) is 176 Å². The summed E-state index contributed by atoms with van der Waals surface area (Å²) in [5.74, 6) is 0.